The van der Waals surface area contributed by atoms with Gasteiger partial charge in [-0.05, 0) is 50.1 Å². The first-order chi connectivity index (χ1) is 15.2. The molecule has 32 heavy (non-hydrogen) atoms. The van der Waals surface area contributed by atoms with Gasteiger partial charge in [0.2, 0.25) is 0 Å². The average Bonchev–Trinajstić information content (AvgIpc) is 3.46. The van der Waals surface area contributed by atoms with Gasteiger partial charge in [-0.3, -0.25) is 14.2 Å². The summed E-state index contributed by atoms with van der Waals surface area (Å²) < 4.78 is 40.4. The fourth-order valence-electron chi connectivity index (χ4n) is 3.93. The van der Waals surface area contributed by atoms with Crippen LogP contribution >= 0.6 is 0 Å². The number of anilines is 1. The van der Waals surface area contributed by atoms with Gasteiger partial charge in [0.05, 0.1) is 40.9 Å². The molecule has 0 aliphatic heterocycles. The highest BCUT2D eigenvalue weighted by Crippen LogP contribution is 2.36. The summed E-state index contributed by atoms with van der Waals surface area (Å²) in [4.78, 5) is 27.7. The van der Waals surface area contributed by atoms with Gasteiger partial charge in [-0.1, -0.05) is 0 Å². The third-order valence-electron chi connectivity index (χ3n) is 5.76. The Morgan fingerprint density at radius 3 is 2.62 bits per heavy atom. The lowest BCUT2D eigenvalue weighted by Crippen LogP contribution is -2.36. The maximum absolute atomic E-state index is 13.5. The number of rotatable bonds is 4. The number of nitrogens with zero attached hydrogens (tertiary/aromatic N) is 5. The molecule has 1 aliphatic rings. The lowest BCUT2D eigenvalue weighted by Gasteiger charge is -2.29. The zero-order valence-electron chi connectivity index (χ0n) is 17.0. The van der Waals surface area contributed by atoms with E-state index >= 15 is 0 Å². The Kier molecular flexibility index (Phi) is 4.54. The number of imidazole rings is 1. The summed E-state index contributed by atoms with van der Waals surface area (Å²) in [7, 11) is 0. The van der Waals surface area contributed by atoms with Crippen LogP contribution < -0.4 is 5.73 Å². The van der Waals surface area contributed by atoms with Gasteiger partial charge in [0, 0.05) is 17.8 Å². The van der Waals surface area contributed by atoms with Crippen LogP contribution in [0, 0.1) is 0 Å². The number of halogens is 3. The summed E-state index contributed by atoms with van der Waals surface area (Å²) >= 11 is 0. The molecule has 1 aliphatic carbocycles. The number of carbonyl (C=O) groups excluding carboxylic acids is 1. The van der Waals surface area contributed by atoms with Gasteiger partial charge in [-0.15, -0.1) is 0 Å². The summed E-state index contributed by atoms with van der Waals surface area (Å²) in [5, 5.41) is 0. The Morgan fingerprint density at radius 1 is 1.19 bits per heavy atom. The minimum Gasteiger partial charge on any atom is -0.382 e. The van der Waals surface area contributed by atoms with Crippen molar-refractivity contribution in [1.82, 2.24) is 24.3 Å². The van der Waals surface area contributed by atoms with Crippen molar-refractivity contribution >= 4 is 28.3 Å². The molecule has 7 nitrogen and oxygen atoms in total. The van der Waals surface area contributed by atoms with Gasteiger partial charge in [-0.2, -0.15) is 13.2 Å². The van der Waals surface area contributed by atoms with Gasteiger partial charge in [0.25, 0.3) is 5.91 Å². The predicted molar refractivity (Wildman–Crippen MR) is 112 cm³/mol. The Labute approximate surface area is 180 Å². The molecule has 3 aromatic heterocycles. The normalized spacial score (nSPS) is 15.2. The third kappa shape index (κ3) is 3.41. The molecule has 1 saturated carbocycles. The van der Waals surface area contributed by atoms with Crippen molar-refractivity contribution in [3.05, 3.63) is 65.9 Å². The number of fused-ring (bicyclic) bond motifs is 3. The van der Waals surface area contributed by atoms with E-state index in [1.54, 1.807) is 46.9 Å². The molecule has 2 N–H and O–H groups in total. The highest BCUT2D eigenvalue weighted by atomic mass is 19.4. The highest BCUT2D eigenvalue weighted by Gasteiger charge is 2.38. The Bertz CT molecular complexity index is 1330. The number of nitrogen functional groups attached to an aromatic ring is 1. The minimum absolute atomic E-state index is 0.0232. The zero-order valence-corrected chi connectivity index (χ0v) is 17.0. The number of hydrogen-bond acceptors (Lipinski definition) is 5. The first-order valence-corrected chi connectivity index (χ1v) is 10.1. The molecule has 0 saturated heterocycles. The molecule has 0 spiro atoms. The standard InChI is InChI=1S/C22H19F3N6O/c1-12(16-7-3-14(9-28-16)22(23,24)25)31(15-4-5-15)21(32)13-2-6-17-18(8-13)30-11-27-10-19(30)20(26)29-17/h2-3,6-12,15H,4-5H2,1H3,(H2,26,29)/t12-/m0/s1. The lowest BCUT2D eigenvalue weighted by molar-refractivity contribution is -0.137. The number of pyridine rings is 1. The molecule has 0 bridgehead atoms. The van der Waals surface area contributed by atoms with Crippen molar-refractivity contribution in [1.29, 1.82) is 0 Å². The van der Waals surface area contributed by atoms with Crippen LogP contribution in [0.15, 0.2) is 49.1 Å². The van der Waals surface area contributed by atoms with Crippen LogP contribution in [-0.2, 0) is 6.18 Å². The summed E-state index contributed by atoms with van der Waals surface area (Å²) in [5.41, 5.74) is 7.97. The van der Waals surface area contributed by atoms with Crippen LogP contribution in [0.5, 0.6) is 0 Å². The molecule has 10 heteroatoms. The summed E-state index contributed by atoms with van der Waals surface area (Å²) in [5.74, 6) is 0.129. The summed E-state index contributed by atoms with van der Waals surface area (Å²) in [6.07, 6.45) is 1.25. The number of aromatic nitrogens is 4. The Hall–Kier alpha value is -3.69. The smallest absolute Gasteiger partial charge is 0.382 e. The molecule has 1 amide bonds. The van der Waals surface area contributed by atoms with E-state index in [4.69, 9.17) is 5.73 Å². The van der Waals surface area contributed by atoms with Crippen molar-refractivity contribution in [2.75, 3.05) is 5.73 Å². The van der Waals surface area contributed by atoms with Crippen molar-refractivity contribution in [3.8, 4) is 0 Å². The van der Waals surface area contributed by atoms with E-state index in [0.717, 1.165) is 25.1 Å². The molecular weight excluding hydrogens is 421 g/mol. The number of benzene rings is 1. The molecule has 0 radical (unpaired) electrons. The van der Waals surface area contributed by atoms with Crippen LogP contribution in [0.4, 0.5) is 19.0 Å². The largest absolute Gasteiger partial charge is 0.417 e. The molecular formula is C22H19F3N6O. The lowest BCUT2D eigenvalue weighted by atomic mass is 10.1. The van der Waals surface area contributed by atoms with E-state index < -0.39 is 17.8 Å². The van der Waals surface area contributed by atoms with E-state index in [1.807, 2.05) is 0 Å². The number of carbonyl (C=O) groups is 1. The fraction of sp³-hybridized carbons (Fsp3) is 0.273. The Balaban J connectivity index is 1.51. The van der Waals surface area contributed by atoms with E-state index in [9.17, 15) is 18.0 Å². The topological polar surface area (TPSA) is 89.4 Å². The minimum atomic E-state index is -4.46. The average molecular weight is 440 g/mol. The first-order valence-electron chi connectivity index (χ1n) is 10.1. The van der Waals surface area contributed by atoms with Crippen molar-refractivity contribution in [2.24, 2.45) is 0 Å². The van der Waals surface area contributed by atoms with Crippen LogP contribution in [0.3, 0.4) is 0 Å². The van der Waals surface area contributed by atoms with Gasteiger partial charge in [0.15, 0.2) is 0 Å². The first kappa shape index (κ1) is 20.2. The molecule has 5 rings (SSSR count). The van der Waals surface area contributed by atoms with E-state index in [0.29, 0.717) is 33.6 Å². The zero-order chi connectivity index (χ0) is 22.6. The number of nitrogens with two attached hydrogens (primary N) is 1. The van der Waals surface area contributed by atoms with Gasteiger partial charge >= 0.3 is 6.18 Å². The van der Waals surface area contributed by atoms with Gasteiger partial charge in [-0.25, -0.2) is 9.97 Å². The van der Waals surface area contributed by atoms with E-state index in [-0.39, 0.29) is 11.9 Å². The summed E-state index contributed by atoms with van der Waals surface area (Å²) in [6.45, 7) is 1.78. The Morgan fingerprint density at radius 2 is 1.97 bits per heavy atom. The third-order valence-corrected chi connectivity index (χ3v) is 5.76. The van der Waals surface area contributed by atoms with Gasteiger partial charge in [0.1, 0.15) is 11.3 Å². The molecule has 4 aromatic rings. The van der Waals surface area contributed by atoms with E-state index in [2.05, 4.69) is 15.0 Å². The van der Waals surface area contributed by atoms with Crippen LogP contribution in [-0.4, -0.2) is 36.2 Å². The van der Waals surface area contributed by atoms with E-state index in [1.165, 1.54) is 6.07 Å². The molecule has 1 aromatic carbocycles. The molecule has 1 fully saturated rings. The van der Waals surface area contributed by atoms with Crippen LogP contribution in [0.1, 0.15) is 47.4 Å². The highest BCUT2D eigenvalue weighted by molar-refractivity contribution is 5.98. The quantitative estimate of drug-likeness (QED) is 0.513. The molecule has 0 unspecified atom stereocenters. The number of amides is 1. The number of hydrogen-bond donors (Lipinski definition) is 1. The molecule has 164 valence electrons. The SMILES string of the molecule is C[C@@H](c1ccc(C(F)(F)F)cn1)N(C(=O)c1ccc2nc(N)c3cncn3c2c1)C1CC1. The van der Waals surface area contributed by atoms with Gasteiger partial charge < -0.3 is 10.6 Å². The maximum Gasteiger partial charge on any atom is 0.417 e. The second-order valence-corrected chi connectivity index (χ2v) is 7.94. The predicted octanol–water partition coefficient (Wildman–Crippen LogP) is 4.24. The maximum atomic E-state index is 13.5. The number of alkyl halides is 3. The van der Waals surface area contributed by atoms with Crippen LogP contribution in [0.25, 0.3) is 16.6 Å². The van der Waals surface area contributed by atoms with Crippen LogP contribution in [0.2, 0.25) is 0 Å². The monoisotopic (exact) mass is 440 g/mol. The molecule has 1 atom stereocenters. The fourth-order valence-corrected chi connectivity index (χ4v) is 3.93. The van der Waals surface area contributed by atoms with Crippen molar-refractivity contribution in [2.45, 2.75) is 38.0 Å². The second kappa shape index (κ2) is 7.18. The second-order valence-electron chi connectivity index (χ2n) is 7.94. The van der Waals surface area contributed by atoms with Crippen molar-refractivity contribution < 1.29 is 18.0 Å². The summed E-state index contributed by atoms with van der Waals surface area (Å²) in [6, 6.07) is 7.02. The van der Waals surface area contributed by atoms with Crippen molar-refractivity contribution in [3.63, 3.8) is 0 Å². The molecule has 3 heterocycles.